The minimum atomic E-state index is -3.45. The fourth-order valence-electron chi connectivity index (χ4n) is 2.44. The molecule has 0 saturated carbocycles. The molecule has 0 N–H and O–H groups in total. The van der Waals surface area contributed by atoms with Crippen LogP contribution in [0.2, 0.25) is 0 Å². The summed E-state index contributed by atoms with van der Waals surface area (Å²) in [6.45, 7) is 1.66. The largest absolute Gasteiger partial charge is 0.472 e. The summed E-state index contributed by atoms with van der Waals surface area (Å²) in [4.78, 5) is 14.0. The highest BCUT2D eigenvalue weighted by atomic mass is 32.2. The van der Waals surface area contributed by atoms with E-state index in [-0.39, 0.29) is 5.91 Å². The van der Waals surface area contributed by atoms with Crippen molar-refractivity contribution >= 4 is 27.3 Å². The summed E-state index contributed by atoms with van der Waals surface area (Å²) in [5.74, 6) is -0.121. The Labute approximate surface area is 133 Å². The molecule has 3 heterocycles. The Bertz CT molecular complexity index is 723. The standard InChI is InChI=1S/C14H16N2O4S2/c17-14(12-4-9-20-11-12)15-5-2-6-16(8-7-15)22(18,19)13-3-1-10-21-13/h1,3-4,9-11H,2,5-8H2. The lowest BCUT2D eigenvalue weighted by Crippen LogP contribution is -2.37. The van der Waals surface area contributed by atoms with Gasteiger partial charge < -0.3 is 9.32 Å². The van der Waals surface area contributed by atoms with Gasteiger partial charge in [-0.1, -0.05) is 6.07 Å². The van der Waals surface area contributed by atoms with E-state index < -0.39 is 10.0 Å². The van der Waals surface area contributed by atoms with E-state index in [0.717, 1.165) is 0 Å². The number of nitrogens with zero attached hydrogens (tertiary/aromatic N) is 2. The molecule has 0 spiro atoms. The maximum Gasteiger partial charge on any atom is 0.257 e. The first-order valence-corrected chi connectivity index (χ1v) is 9.26. The summed E-state index contributed by atoms with van der Waals surface area (Å²) in [7, 11) is -3.45. The van der Waals surface area contributed by atoms with Gasteiger partial charge in [-0.05, 0) is 23.9 Å². The molecule has 0 unspecified atom stereocenters. The number of sulfonamides is 1. The van der Waals surface area contributed by atoms with Crippen molar-refractivity contribution in [2.24, 2.45) is 0 Å². The highest BCUT2D eigenvalue weighted by molar-refractivity contribution is 7.91. The number of hydrogen-bond donors (Lipinski definition) is 0. The molecule has 0 bridgehead atoms. The Kier molecular flexibility index (Phi) is 4.32. The minimum Gasteiger partial charge on any atom is -0.472 e. The van der Waals surface area contributed by atoms with Gasteiger partial charge in [-0.25, -0.2) is 8.42 Å². The summed E-state index contributed by atoms with van der Waals surface area (Å²) in [5.41, 5.74) is 0.495. The molecule has 1 saturated heterocycles. The third-order valence-corrected chi connectivity index (χ3v) is 6.87. The van der Waals surface area contributed by atoms with Crippen molar-refractivity contribution in [3.8, 4) is 0 Å². The maximum absolute atomic E-state index is 12.5. The molecular weight excluding hydrogens is 324 g/mol. The Morgan fingerprint density at radius 2 is 2.05 bits per heavy atom. The monoisotopic (exact) mass is 340 g/mol. The summed E-state index contributed by atoms with van der Waals surface area (Å²) in [6.07, 6.45) is 3.49. The summed E-state index contributed by atoms with van der Waals surface area (Å²) in [5, 5.41) is 1.75. The smallest absolute Gasteiger partial charge is 0.257 e. The van der Waals surface area contributed by atoms with Gasteiger partial charge in [-0.2, -0.15) is 4.31 Å². The molecule has 6 nitrogen and oxygen atoms in total. The normalized spacial score (nSPS) is 17.4. The lowest BCUT2D eigenvalue weighted by atomic mass is 10.3. The predicted molar refractivity (Wildman–Crippen MR) is 82.3 cm³/mol. The van der Waals surface area contributed by atoms with Crippen LogP contribution in [0.15, 0.2) is 44.7 Å². The van der Waals surface area contributed by atoms with E-state index in [2.05, 4.69) is 0 Å². The van der Waals surface area contributed by atoms with Crippen LogP contribution < -0.4 is 0 Å². The maximum atomic E-state index is 12.5. The van der Waals surface area contributed by atoms with Gasteiger partial charge in [0, 0.05) is 26.2 Å². The van der Waals surface area contributed by atoms with Crippen LogP contribution >= 0.6 is 11.3 Å². The number of thiophene rings is 1. The second kappa shape index (κ2) is 6.23. The van der Waals surface area contributed by atoms with Crippen molar-refractivity contribution < 1.29 is 17.6 Å². The third-order valence-electron chi connectivity index (χ3n) is 3.60. The Balaban J connectivity index is 1.72. The molecule has 1 fully saturated rings. The molecule has 0 atom stereocenters. The fourth-order valence-corrected chi connectivity index (χ4v) is 5.06. The summed E-state index contributed by atoms with van der Waals surface area (Å²) >= 11 is 1.21. The van der Waals surface area contributed by atoms with Crippen molar-refractivity contribution in [1.82, 2.24) is 9.21 Å². The number of hydrogen-bond acceptors (Lipinski definition) is 5. The van der Waals surface area contributed by atoms with Crippen LogP contribution in [0, 0.1) is 0 Å². The predicted octanol–water partition coefficient (Wildman–Crippen LogP) is 1.88. The van der Waals surface area contributed by atoms with Crippen LogP contribution in [0.3, 0.4) is 0 Å². The van der Waals surface area contributed by atoms with Crippen molar-refractivity contribution in [1.29, 1.82) is 0 Å². The van der Waals surface area contributed by atoms with Gasteiger partial charge in [0.1, 0.15) is 10.5 Å². The molecule has 1 aliphatic rings. The van der Waals surface area contributed by atoms with Crippen molar-refractivity contribution in [3.63, 3.8) is 0 Å². The SMILES string of the molecule is O=C(c1ccoc1)N1CCCN(S(=O)(=O)c2cccs2)CC1. The van der Waals surface area contributed by atoms with E-state index in [9.17, 15) is 13.2 Å². The average Bonchev–Trinajstić information content (AvgIpc) is 3.16. The number of carbonyl (C=O) groups is 1. The first kappa shape index (κ1) is 15.3. The zero-order chi connectivity index (χ0) is 15.6. The van der Waals surface area contributed by atoms with Crippen LogP contribution in [0.5, 0.6) is 0 Å². The Morgan fingerprint density at radius 3 is 2.73 bits per heavy atom. The van der Waals surface area contributed by atoms with Crippen LogP contribution in [-0.2, 0) is 10.0 Å². The zero-order valence-electron chi connectivity index (χ0n) is 11.8. The molecule has 0 radical (unpaired) electrons. The van der Waals surface area contributed by atoms with E-state index in [1.807, 2.05) is 0 Å². The molecule has 2 aromatic heterocycles. The van der Waals surface area contributed by atoms with Gasteiger partial charge in [0.05, 0.1) is 11.8 Å². The molecule has 1 amide bonds. The highest BCUT2D eigenvalue weighted by Crippen LogP contribution is 2.22. The molecule has 0 aliphatic carbocycles. The van der Waals surface area contributed by atoms with Crippen molar-refractivity contribution in [3.05, 3.63) is 41.7 Å². The highest BCUT2D eigenvalue weighted by Gasteiger charge is 2.29. The molecule has 2 aromatic rings. The van der Waals surface area contributed by atoms with Gasteiger partial charge in [-0.15, -0.1) is 11.3 Å². The van der Waals surface area contributed by atoms with Crippen molar-refractivity contribution in [2.75, 3.05) is 26.2 Å². The van der Waals surface area contributed by atoms with Gasteiger partial charge in [-0.3, -0.25) is 4.79 Å². The van der Waals surface area contributed by atoms with E-state index in [1.54, 1.807) is 28.5 Å². The topological polar surface area (TPSA) is 70.8 Å². The minimum absolute atomic E-state index is 0.121. The molecule has 3 rings (SSSR count). The molecule has 118 valence electrons. The lowest BCUT2D eigenvalue weighted by Gasteiger charge is -2.21. The molecule has 0 aromatic carbocycles. The van der Waals surface area contributed by atoms with Gasteiger partial charge >= 0.3 is 0 Å². The summed E-state index contributed by atoms with van der Waals surface area (Å²) in [6, 6.07) is 4.96. The van der Waals surface area contributed by atoms with Crippen LogP contribution in [-0.4, -0.2) is 49.7 Å². The molecule has 8 heteroatoms. The Morgan fingerprint density at radius 1 is 1.18 bits per heavy atom. The number of furan rings is 1. The van der Waals surface area contributed by atoms with E-state index in [0.29, 0.717) is 42.4 Å². The first-order valence-electron chi connectivity index (χ1n) is 6.94. The molecule has 1 aliphatic heterocycles. The third kappa shape index (κ3) is 2.94. The van der Waals surface area contributed by atoms with Crippen LogP contribution in [0.4, 0.5) is 0 Å². The van der Waals surface area contributed by atoms with Gasteiger partial charge in [0.25, 0.3) is 15.9 Å². The lowest BCUT2D eigenvalue weighted by molar-refractivity contribution is 0.0763. The number of amides is 1. The zero-order valence-corrected chi connectivity index (χ0v) is 13.5. The average molecular weight is 340 g/mol. The number of rotatable bonds is 3. The molecule has 22 heavy (non-hydrogen) atoms. The first-order chi connectivity index (χ1) is 10.6. The van der Waals surface area contributed by atoms with Crippen molar-refractivity contribution in [2.45, 2.75) is 10.6 Å². The summed E-state index contributed by atoms with van der Waals surface area (Å²) < 4.78 is 31.8. The second-order valence-electron chi connectivity index (χ2n) is 4.99. The van der Waals surface area contributed by atoms with E-state index in [4.69, 9.17) is 4.42 Å². The quantitative estimate of drug-likeness (QED) is 0.855. The number of carbonyl (C=O) groups excluding carboxylic acids is 1. The van der Waals surface area contributed by atoms with Gasteiger partial charge in [0.15, 0.2) is 0 Å². The van der Waals surface area contributed by atoms with E-state index in [1.165, 1.54) is 28.2 Å². The van der Waals surface area contributed by atoms with Crippen LogP contribution in [0.1, 0.15) is 16.8 Å². The van der Waals surface area contributed by atoms with Crippen LogP contribution in [0.25, 0.3) is 0 Å². The fraction of sp³-hybridized carbons (Fsp3) is 0.357. The van der Waals surface area contributed by atoms with Gasteiger partial charge in [0.2, 0.25) is 0 Å². The molecular formula is C14H16N2O4S2. The van der Waals surface area contributed by atoms with E-state index >= 15 is 0 Å². The second-order valence-corrected chi connectivity index (χ2v) is 8.11. The Hall–Kier alpha value is -1.64.